The van der Waals surface area contributed by atoms with Gasteiger partial charge in [-0.05, 0) is 12.5 Å². The van der Waals surface area contributed by atoms with Crippen molar-refractivity contribution in [2.75, 3.05) is 11.9 Å². The SMILES string of the molecule is CCCNc1cc(Oc2ccc([N+](=O)[O-])c(F)c2)ncn1. The second-order valence-electron chi connectivity index (χ2n) is 4.14. The molecule has 0 aliphatic carbocycles. The minimum Gasteiger partial charge on any atom is -0.439 e. The van der Waals surface area contributed by atoms with Crippen LogP contribution in [0.2, 0.25) is 0 Å². The number of nitrogens with zero attached hydrogens (tertiary/aromatic N) is 3. The highest BCUT2D eigenvalue weighted by molar-refractivity contribution is 5.41. The lowest BCUT2D eigenvalue weighted by Gasteiger charge is -2.07. The number of aromatic nitrogens is 2. The van der Waals surface area contributed by atoms with E-state index in [1.807, 2.05) is 6.92 Å². The van der Waals surface area contributed by atoms with Crippen LogP contribution in [0.15, 0.2) is 30.6 Å². The van der Waals surface area contributed by atoms with E-state index in [0.717, 1.165) is 25.1 Å². The summed E-state index contributed by atoms with van der Waals surface area (Å²) in [4.78, 5) is 17.6. The van der Waals surface area contributed by atoms with Crippen LogP contribution in [0.3, 0.4) is 0 Å². The van der Waals surface area contributed by atoms with Crippen LogP contribution in [0.25, 0.3) is 0 Å². The molecule has 8 heteroatoms. The lowest BCUT2D eigenvalue weighted by atomic mass is 10.3. The molecule has 0 aliphatic rings. The van der Waals surface area contributed by atoms with Crippen molar-refractivity contribution in [2.24, 2.45) is 0 Å². The second kappa shape index (κ2) is 6.60. The van der Waals surface area contributed by atoms with Crippen molar-refractivity contribution < 1.29 is 14.1 Å². The average Bonchev–Trinajstić information content (AvgIpc) is 2.45. The molecule has 2 rings (SSSR count). The zero-order chi connectivity index (χ0) is 15.2. The molecule has 1 aromatic heterocycles. The van der Waals surface area contributed by atoms with Gasteiger partial charge in [-0.15, -0.1) is 0 Å². The van der Waals surface area contributed by atoms with Crippen molar-refractivity contribution in [1.82, 2.24) is 9.97 Å². The quantitative estimate of drug-likeness (QED) is 0.649. The zero-order valence-corrected chi connectivity index (χ0v) is 11.2. The molecule has 1 N–H and O–H groups in total. The Morgan fingerprint density at radius 1 is 1.38 bits per heavy atom. The number of nitro benzene ring substituents is 1. The van der Waals surface area contributed by atoms with Gasteiger partial charge in [0.15, 0.2) is 0 Å². The lowest BCUT2D eigenvalue weighted by molar-refractivity contribution is -0.387. The lowest BCUT2D eigenvalue weighted by Crippen LogP contribution is -2.02. The number of ether oxygens (including phenoxy) is 1. The van der Waals surface area contributed by atoms with E-state index in [-0.39, 0.29) is 11.6 Å². The van der Waals surface area contributed by atoms with Gasteiger partial charge in [0, 0.05) is 24.7 Å². The van der Waals surface area contributed by atoms with Crippen LogP contribution >= 0.6 is 0 Å². The van der Waals surface area contributed by atoms with Crippen molar-refractivity contribution in [1.29, 1.82) is 0 Å². The molecule has 2 aromatic rings. The Morgan fingerprint density at radius 2 is 2.19 bits per heavy atom. The van der Waals surface area contributed by atoms with Gasteiger partial charge in [-0.3, -0.25) is 10.1 Å². The predicted molar refractivity (Wildman–Crippen MR) is 73.9 cm³/mol. The topological polar surface area (TPSA) is 90.2 Å². The zero-order valence-electron chi connectivity index (χ0n) is 11.2. The van der Waals surface area contributed by atoms with Gasteiger partial charge in [-0.25, -0.2) is 9.97 Å². The van der Waals surface area contributed by atoms with Gasteiger partial charge in [0.2, 0.25) is 11.7 Å². The molecule has 0 radical (unpaired) electrons. The van der Waals surface area contributed by atoms with Crippen molar-refractivity contribution in [2.45, 2.75) is 13.3 Å². The molecule has 1 heterocycles. The second-order valence-corrected chi connectivity index (χ2v) is 4.14. The summed E-state index contributed by atoms with van der Waals surface area (Å²) in [7, 11) is 0. The van der Waals surface area contributed by atoms with E-state index in [4.69, 9.17) is 4.74 Å². The van der Waals surface area contributed by atoms with E-state index >= 15 is 0 Å². The number of benzene rings is 1. The maximum absolute atomic E-state index is 13.5. The summed E-state index contributed by atoms with van der Waals surface area (Å²) in [6, 6.07) is 4.86. The number of nitro groups is 1. The van der Waals surface area contributed by atoms with E-state index in [9.17, 15) is 14.5 Å². The number of rotatable bonds is 6. The van der Waals surface area contributed by atoms with Crippen LogP contribution in [0.5, 0.6) is 11.6 Å². The van der Waals surface area contributed by atoms with Gasteiger partial charge < -0.3 is 10.1 Å². The molecule has 0 bridgehead atoms. The number of nitrogens with one attached hydrogen (secondary N) is 1. The molecule has 0 atom stereocenters. The van der Waals surface area contributed by atoms with Crippen LogP contribution in [0, 0.1) is 15.9 Å². The van der Waals surface area contributed by atoms with Gasteiger partial charge in [0.1, 0.15) is 17.9 Å². The van der Waals surface area contributed by atoms with E-state index in [0.29, 0.717) is 5.82 Å². The number of anilines is 1. The number of halogens is 1. The van der Waals surface area contributed by atoms with Crippen molar-refractivity contribution in [3.05, 3.63) is 46.5 Å². The van der Waals surface area contributed by atoms with Gasteiger partial charge >= 0.3 is 5.69 Å². The fraction of sp³-hybridized carbons (Fsp3) is 0.231. The fourth-order valence-corrected chi connectivity index (χ4v) is 1.56. The summed E-state index contributed by atoms with van der Waals surface area (Å²) in [5, 5.41) is 13.6. The van der Waals surface area contributed by atoms with E-state index in [1.165, 1.54) is 12.4 Å². The third kappa shape index (κ3) is 3.85. The molecule has 110 valence electrons. The van der Waals surface area contributed by atoms with Gasteiger partial charge in [0.05, 0.1) is 4.92 Å². The molecular formula is C13H13FN4O3. The third-order valence-corrected chi connectivity index (χ3v) is 2.54. The Morgan fingerprint density at radius 3 is 2.86 bits per heavy atom. The summed E-state index contributed by atoms with van der Waals surface area (Å²) in [5.74, 6) is -0.0322. The summed E-state index contributed by atoms with van der Waals surface area (Å²) >= 11 is 0. The van der Waals surface area contributed by atoms with Crippen molar-refractivity contribution in [3.8, 4) is 11.6 Å². The standard InChI is InChI=1S/C13H13FN4O3/c1-2-5-15-12-7-13(17-8-16-12)21-9-3-4-11(18(19)20)10(14)6-9/h3-4,6-8H,2,5H2,1H3,(H,15,16,17). The Bertz CT molecular complexity index is 651. The van der Waals surface area contributed by atoms with Crippen molar-refractivity contribution in [3.63, 3.8) is 0 Å². The number of hydrogen-bond donors (Lipinski definition) is 1. The molecule has 0 saturated heterocycles. The molecule has 0 saturated carbocycles. The Balaban J connectivity index is 2.14. The Hall–Kier alpha value is -2.77. The maximum Gasteiger partial charge on any atom is 0.305 e. The van der Waals surface area contributed by atoms with Crippen LogP contribution in [0.1, 0.15) is 13.3 Å². The van der Waals surface area contributed by atoms with Crippen LogP contribution in [-0.2, 0) is 0 Å². The Kier molecular flexibility index (Phi) is 4.60. The first-order valence-corrected chi connectivity index (χ1v) is 6.28. The predicted octanol–water partition coefficient (Wildman–Crippen LogP) is 3.14. The maximum atomic E-state index is 13.5. The fourth-order valence-electron chi connectivity index (χ4n) is 1.56. The summed E-state index contributed by atoms with van der Waals surface area (Å²) in [5.41, 5.74) is -0.602. The normalized spacial score (nSPS) is 10.2. The molecule has 7 nitrogen and oxygen atoms in total. The molecular weight excluding hydrogens is 279 g/mol. The first-order chi connectivity index (χ1) is 10.1. The molecule has 0 fully saturated rings. The Labute approximate surface area is 120 Å². The first kappa shape index (κ1) is 14.6. The summed E-state index contributed by atoms with van der Waals surface area (Å²) in [6.07, 6.45) is 2.25. The van der Waals surface area contributed by atoms with E-state index < -0.39 is 16.4 Å². The largest absolute Gasteiger partial charge is 0.439 e. The van der Waals surface area contributed by atoms with E-state index in [1.54, 1.807) is 6.07 Å². The molecule has 0 amide bonds. The summed E-state index contributed by atoms with van der Waals surface area (Å²) in [6.45, 7) is 2.77. The van der Waals surface area contributed by atoms with Gasteiger partial charge in [-0.1, -0.05) is 6.92 Å². The van der Waals surface area contributed by atoms with E-state index in [2.05, 4.69) is 15.3 Å². The minimum absolute atomic E-state index is 0.123. The average molecular weight is 292 g/mol. The minimum atomic E-state index is -0.962. The molecule has 0 spiro atoms. The highest BCUT2D eigenvalue weighted by Crippen LogP contribution is 2.26. The molecule has 0 unspecified atom stereocenters. The first-order valence-electron chi connectivity index (χ1n) is 6.28. The van der Waals surface area contributed by atoms with Gasteiger partial charge in [-0.2, -0.15) is 4.39 Å². The van der Waals surface area contributed by atoms with Crippen LogP contribution < -0.4 is 10.1 Å². The summed E-state index contributed by atoms with van der Waals surface area (Å²) < 4.78 is 18.8. The smallest absolute Gasteiger partial charge is 0.305 e. The van der Waals surface area contributed by atoms with Crippen molar-refractivity contribution >= 4 is 11.5 Å². The third-order valence-electron chi connectivity index (χ3n) is 2.54. The monoisotopic (exact) mass is 292 g/mol. The molecule has 1 aromatic carbocycles. The van der Waals surface area contributed by atoms with Gasteiger partial charge in [0.25, 0.3) is 0 Å². The molecule has 21 heavy (non-hydrogen) atoms. The number of hydrogen-bond acceptors (Lipinski definition) is 6. The highest BCUT2D eigenvalue weighted by atomic mass is 19.1. The van der Waals surface area contributed by atoms with Crippen LogP contribution in [0.4, 0.5) is 15.9 Å². The van der Waals surface area contributed by atoms with Crippen LogP contribution in [-0.4, -0.2) is 21.4 Å². The molecule has 0 aliphatic heterocycles. The highest BCUT2D eigenvalue weighted by Gasteiger charge is 2.14.